The number of hydrogen-bond donors (Lipinski definition) is 1. The lowest BCUT2D eigenvalue weighted by molar-refractivity contribution is -0.191. The lowest BCUT2D eigenvalue weighted by Crippen LogP contribution is -2.34. The Kier molecular flexibility index (Phi) is 3.77. The van der Waals surface area contributed by atoms with Gasteiger partial charge in [-0.15, -0.1) is 0 Å². The molecule has 4 nitrogen and oxygen atoms in total. The fourth-order valence-corrected chi connectivity index (χ4v) is 1.68. The third kappa shape index (κ3) is 3.32. The molecular formula is C13H16N2O2. The Morgan fingerprint density at radius 3 is 3.00 bits per heavy atom. The standard InChI is InChI=1S/C13H16N2O2/c14-12-5-3-4-11(10-12)6-7-13(16)15-8-1-2-9-17-15/h3-7,10H,1-2,8-9,14H2/b7-6+. The molecule has 2 rings (SSSR count). The van der Waals surface area contributed by atoms with Crippen molar-refractivity contribution in [2.45, 2.75) is 12.8 Å². The lowest BCUT2D eigenvalue weighted by Gasteiger charge is -2.24. The van der Waals surface area contributed by atoms with Gasteiger partial charge in [-0.3, -0.25) is 9.63 Å². The van der Waals surface area contributed by atoms with Gasteiger partial charge in [0.15, 0.2) is 0 Å². The third-order valence-electron chi connectivity index (χ3n) is 2.58. The highest BCUT2D eigenvalue weighted by molar-refractivity contribution is 5.91. The first-order valence-corrected chi connectivity index (χ1v) is 5.74. The first kappa shape index (κ1) is 11.7. The number of nitrogens with zero attached hydrogens (tertiary/aromatic N) is 1. The van der Waals surface area contributed by atoms with Crippen LogP contribution >= 0.6 is 0 Å². The first-order valence-electron chi connectivity index (χ1n) is 5.74. The van der Waals surface area contributed by atoms with Crippen molar-refractivity contribution < 1.29 is 9.63 Å². The van der Waals surface area contributed by atoms with Crippen LogP contribution in [0.3, 0.4) is 0 Å². The molecular weight excluding hydrogens is 216 g/mol. The summed E-state index contributed by atoms with van der Waals surface area (Å²) in [7, 11) is 0. The first-order chi connectivity index (χ1) is 8.25. The van der Waals surface area contributed by atoms with E-state index >= 15 is 0 Å². The molecule has 0 aliphatic carbocycles. The molecule has 4 heteroatoms. The van der Waals surface area contributed by atoms with Crippen LogP contribution in [-0.2, 0) is 9.63 Å². The number of anilines is 1. The molecule has 1 aliphatic rings. The molecule has 0 aromatic heterocycles. The van der Waals surface area contributed by atoms with Gasteiger partial charge in [-0.2, -0.15) is 0 Å². The number of nitrogens with two attached hydrogens (primary N) is 1. The van der Waals surface area contributed by atoms with Crippen LogP contribution in [0.2, 0.25) is 0 Å². The zero-order valence-corrected chi connectivity index (χ0v) is 9.63. The molecule has 1 heterocycles. The second-order valence-corrected chi connectivity index (χ2v) is 3.98. The van der Waals surface area contributed by atoms with Crippen LogP contribution in [-0.4, -0.2) is 24.1 Å². The largest absolute Gasteiger partial charge is 0.399 e. The molecule has 0 saturated carbocycles. The predicted octanol–water partition coefficient (Wildman–Crippen LogP) is 1.84. The molecule has 0 atom stereocenters. The predicted molar refractivity (Wildman–Crippen MR) is 66.8 cm³/mol. The molecule has 1 aromatic rings. The minimum Gasteiger partial charge on any atom is -0.399 e. The van der Waals surface area contributed by atoms with Crippen LogP contribution in [0.5, 0.6) is 0 Å². The summed E-state index contributed by atoms with van der Waals surface area (Å²) in [5.41, 5.74) is 7.25. The van der Waals surface area contributed by atoms with Gasteiger partial charge < -0.3 is 5.73 Å². The highest BCUT2D eigenvalue weighted by Crippen LogP contribution is 2.10. The molecule has 0 unspecified atom stereocenters. The molecule has 1 saturated heterocycles. The summed E-state index contributed by atoms with van der Waals surface area (Å²) in [5.74, 6) is -0.118. The van der Waals surface area contributed by atoms with E-state index in [2.05, 4.69) is 0 Å². The Labute approximate surface area is 101 Å². The van der Waals surface area contributed by atoms with E-state index in [1.807, 2.05) is 24.3 Å². The number of rotatable bonds is 2. The monoisotopic (exact) mass is 232 g/mol. The van der Waals surface area contributed by atoms with Crippen molar-refractivity contribution >= 4 is 17.7 Å². The van der Waals surface area contributed by atoms with Crippen LogP contribution in [0.15, 0.2) is 30.3 Å². The molecule has 0 radical (unpaired) electrons. The fourth-order valence-electron chi connectivity index (χ4n) is 1.68. The third-order valence-corrected chi connectivity index (χ3v) is 2.58. The van der Waals surface area contributed by atoms with Crippen LogP contribution in [0.1, 0.15) is 18.4 Å². The smallest absolute Gasteiger partial charge is 0.270 e. The van der Waals surface area contributed by atoms with Gasteiger partial charge in [0.2, 0.25) is 0 Å². The summed E-state index contributed by atoms with van der Waals surface area (Å²) < 4.78 is 0. The Morgan fingerprint density at radius 1 is 1.41 bits per heavy atom. The molecule has 0 bridgehead atoms. The van der Waals surface area contributed by atoms with E-state index in [1.54, 1.807) is 6.08 Å². The van der Waals surface area contributed by atoms with Crippen molar-refractivity contribution in [2.24, 2.45) is 0 Å². The van der Waals surface area contributed by atoms with Crippen molar-refractivity contribution in [1.29, 1.82) is 0 Å². The van der Waals surface area contributed by atoms with Gasteiger partial charge >= 0.3 is 0 Å². The summed E-state index contributed by atoms with van der Waals surface area (Å²) in [6, 6.07) is 7.39. The summed E-state index contributed by atoms with van der Waals surface area (Å²) >= 11 is 0. The Bertz CT molecular complexity index is 423. The Morgan fingerprint density at radius 2 is 2.29 bits per heavy atom. The van der Waals surface area contributed by atoms with Crippen molar-refractivity contribution in [3.63, 3.8) is 0 Å². The van der Waals surface area contributed by atoms with Gasteiger partial charge in [-0.25, -0.2) is 5.06 Å². The van der Waals surface area contributed by atoms with Gasteiger partial charge in [0.1, 0.15) is 0 Å². The van der Waals surface area contributed by atoms with E-state index in [0.29, 0.717) is 18.8 Å². The topological polar surface area (TPSA) is 55.6 Å². The average molecular weight is 232 g/mol. The number of amides is 1. The number of hydroxylamine groups is 2. The second-order valence-electron chi connectivity index (χ2n) is 3.98. The van der Waals surface area contributed by atoms with E-state index in [4.69, 9.17) is 10.6 Å². The highest BCUT2D eigenvalue weighted by atomic mass is 16.7. The zero-order chi connectivity index (χ0) is 12.1. The number of hydrogen-bond acceptors (Lipinski definition) is 3. The summed E-state index contributed by atoms with van der Waals surface area (Å²) in [6.45, 7) is 1.29. The van der Waals surface area contributed by atoms with Crippen molar-refractivity contribution in [3.8, 4) is 0 Å². The van der Waals surface area contributed by atoms with Crippen LogP contribution in [0, 0.1) is 0 Å². The van der Waals surface area contributed by atoms with Crippen molar-refractivity contribution in [3.05, 3.63) is 35.9 Å². The maximum atomic E-state index is 11.7. The maximum Gasteiger partial charge on any atom is 0.270 e. The molecule has 1 amide bonds. The lowest BCUT2D eigenvalue weighted by atomic mass is 10.2. The van der Waals surface area contributed by atoms with E-state index < -0.39 is 0 Å². The highest BCUT2D eigenvalue weighted by Gasteiger charge is 2.14. The SMILES string of the molecule is Nc1cccc(/C=C/C(=O)N2CCCCO2)c1. The molecule has 17 heavy (non-hydrogen) atoms. The minimum atomic E-state index is -0.118. The Hall–Kier alpha value is -1.81. The van der Waals surface area contributed by atoms with E-state index in [-0.39, 0.29) is 5.91 Å². The molecule has 1 fully saturated rings. The van der Waals surface area contributed by atoms with Gasteiger partial charge in [0, 0.05) is 18.3 Å². The van der Waals surface area contributed by atoms with Gasteiger partial charge in [0.05, 0.1) is 6.61 Å². The molecule has 2 N–H and O–H groups in total. The summed E-state index contributed by atoms with van der Waals surface area (Å²) in [4.78, 5) is 17.0. The fraction of sp³-hybridized carbons (Fsp3) is 0.308. The summed E-state index contributed by atoms with van der Waals surface area (Å²) in [5, 5.41) is 1.41. The van der Waals surface area contributed by atoms with Gasteiger partial charge in [-0.1, -0.05) is 12.1 Å². The van der Waals surface area contributed by atoms with Crippen LogP contribution < -0.4 is 5.73 Å². The van der Waals surface area contributed by atoms with E-state index in [0.717, 1.165) is 18.4 Å². The average Bonchev–Trinajstić information content (AvgIpc) is 2.37. The van der Waals surface area contributed by atoms with Crippen LogP contribution in [0.25, 0.3) is 6.08 Å². The molecule has 0 spiro atoms. The maximum absolute atomic E-state index is 11.7. The number of benzene rings is 1. The van der Waals surface area contributed by atoms with E-state index in [1.165, 1.54) is 11.1 Å². The van der Waals surface area contributed by atoms with Crippen molar-refractivity contribution in [2.75, 3.05) is 18.9 Å². The van der Waals surface area contributed by atoms with Gasteiger partial charge in [-0.05, 0) is 36.6 Å². The second kappa shape index (κ2) is 5.50. The van der Waals surface area contributed by atoms with Crippen molar-refractivity contribution in [1.82, 2.24) is 5.06 Å². The molecule has 1 aliphatic heterocycles. The Balaban J connectivity index is 1.97. The number of carbonyl (C=O) groups excluding carboxylic acids is 1. The van der Waals surface area contributed by atoms with Crippen LogP contribution in [0.4, 0.5) is 5.69 Å². The number of carbonyl (C=O) groups is 1. The van der Waals surface area contributed by atoms with Gasteiger partial charge in [0.25, 0.3) is 5.91 Å². The minimum absolute atomic E-state index is 0.118. The number of nitrogen functional groups attached to an aromatic ring is 1. The quantitative estimate of drug-likeness (QED) is 0.625. The zero-order valence-electron chi connectivity index (χ0n) is 9.63. The molecule has 90 valence electrons. The summed E-state index contributed by atoms with van der Waals surface area (Å²) in [6.07, 6.45) is 5.28. The molecule has 1 aromatic carbocycles. The van der Waals surface area contributed by atoms with E-state index in [9.17, 15) is 4.79 Å². The normalized spacial score (nSPS) is 16.4.